The average Bonchev–Trinajstić information content (AvgIpc) is 2.87. The van der Waals surface area contributed by atoms with Crippen molar-refractivity contribution < 1.29 is 14.5 Å². The van der Waals surface area contributed by atoms with Crippen LogP contribution in [0.15, 0.2) is 52.3 Å². The van der Waals surface area contributed by atoms with Gasteiger partial charge in [0.05, 0.1) is 18.1 Å². The molecule has 0 atom stereocenters. The number of morpholine rings is 1. The minimum Gasteiger partial charge on any atom is -0.379 e. The van der Waals surface area contributed by atoms with Crippen LogP contribution in [0.3, 0.4) is 0 Å². The molecule has 0 spiro atoms. The van der Waals surface area contributed by atoms with Crippen molar-refractivity contribution in [3.8, 4) is 0 Å². The van der Waals surface area contributed by atoms with Gasteiger partial charge in [0, 0.05) is 61.1 Å². The lowest BCUT2D eigenvalue weighted by Crippen LogP contribution is -2.42. The van der Waals surface area contributed by atoms with Crippen LogP contribution in [0, 0.1) is 17.0 Å². The van der Waals surface area contributed by atoms with Gasteiger partial charge in [0.25, 0.3) is 5.69 Å². The summed E-state index contributed by atoms with van der Waals surface area (Å²) in [5.41, 5.74) is 2.05. The van der Waals surface area contributed by atoms with Gasteiger partial charge in [-0.05, 0) is 37.1 Å². The van der Waals surface area contributed by atoms with Gasteiger partial charge in [-0.15, -0.1) is 0 Å². The van der Waals surface area contributed by atoms with Gasteiger partial charge in [0.1, 0.15) is 0 Å². The lowest BCUT2D eigenvalue weighted by atomic mass is 10.1. The largest absolute Gasteiger partial charge is 0.379 e. The predicted octanol–water partition coefficient (Wildman–Crippen LogP) is 5.69. The van der Waals surface area contributed by atoms with E-state index in [9.17, 15) is 14.9 Å². The number of carbonyl (C=O) groups is 1. The van der Waals surface area contributed by atoms with Crippen LogP contribution < -0.4 is 0 Å². The number of nitrogens with zero attached hydrogens (tertiary/aromatic N) is 3. The van der Waals surface area contributed by atoms with E-state index in [-0.39, 0.29) is 16.5 Å². The molecule has 0 saturated carbocycles. The number of carbonyl (C=O) groups excluding carboxylic acids is 1. The molecule has 2 aromatic rings. The molecule has 190 valence electrons. The molecule has 0 N–H and O–H groups in total. The number of aryl methyl sites for hydroxylation is 1. The first kappa shape index (κ1) is 27.2. The van der Waals surface area contributed by atoms with E-state index in [0.29, 0.717) is 32.7 Å². The lowest BCUT2D eigenvalue weighted by Gasteiger charge is -2.30. The summed E-state index contributed by atoms with van der Waals surface area (Å²) in [5.74, 6) is 0.118. The second kappa shape index (κ2) is 14.2. The second-order valence-electron chi connectivity index (χ2n) is 9.04. The van der Waals surface area contributed by atoms with Gasteiger partial charge in [-0.1, -0.05) is 55.6 Å². The van der Waals surface area contributed by atoms with Gasteiger partial charge in [0.15, 0.2) is 0 Å². The molecule has 2 aromatic carbocycles. The molecule has 8 heteroatoms. The van der Waals surface area contributed by atoms with Gasteiger partial charge in [0.2, 0.25) is 5.91 Å². The van der Waals surface area contributed by atoms with Gasteiger partial charge in [-0.2, -0.15) is 0 Å². The number of ether oxygens (including phenoxy) is 1. The lowest BCUT2D eigenvalue weighted by molar-refractivity contribution is -0.385. The number of nitro groups is 1. The van der Waals surface area contributed by atoms with Crippen molar-refractivity contribution in [3.63, 3.8) is 0 Å². The van der Waals surface area contributed by atoms with E-state index in [1.54, 1.807) is 23.9 Å². The number of non-ortho nitro benzene ring substituents is 1. The summed E-state index contributed by atoms with van der Waals surface area (Å²) in [5, 5.41) is 11.5. The summed E-state index contributed by atoms with van der Waals surface area (Å²) < 4.78 is 5.45. The Morgan fingerprint density at radius 2 is 1.86 bits per heavy atom. The first-order valence-corrected chi connectivity index (χ1v) is 13.4. The molecule has 3 rings (SSSR count). The summed E-state index contributed by atoms with van der Waals surface area (Å²) in [6.07, 6.45) is 4.69. The highest BCUT2D eigenvalue weighted by Gasteiger charge is 2.20. The van der Waals surface area contributed by atoms with Gasteiger partial charge in [-0.3, -0.25) is 19.8 Å². The van der Waals surface area contributed by atoms with E-state index in [1.165, 1.54) is 5.56 Å². The summed E-state index contributed by atoms with van der Waals surface area (Å²) in [7, 11) is 0. The van der Waals surface area contributed by atoms with Crippen molar-refractivity contribution in [1.29, 1.82) is 0 Å². The molecule has 1 fully saturated rings. The summed E-state index contributed by atoms with van der Waals surface area (Å²) >= 11 is 1.58. The van der Waals surface area contributed by atoms with Crippen LogP contribution in [0.25, 0.3) is 0 Å². The maximum absolute atomic E-state index is 13.3. The Kier molecular flexibility index (Phi) is 11.0. The predicted molar refractivity (Wildman–Crippen MR) is 140 cm³/mol. The summed E-state index contributed by atoms with van der Waals surface area (Å²) in [6.45, 7) is 9.11. The Bertz CT molecular complexity index is 961. The fourth-order valence-corrected chi connectivity index (χ4v) is 5.00. The van der Waals surface area contributed by atoms with E-state index in [0.717, 1.165) is 60.7 Å². The summed E-state index contributed by atoms with van der Waals surface area (Å²) in [6, 6.07) is 13.2. The van der Waals surface area contributed by atoms with E-state index < -0.39 is 0 Å². The zero-order valence-corrected chi connectivity index (χ0v) is 21.7. The second-order valence-corrected chi connectivity index (χ2v) is 10.2. The molecule has 0 aromatic heterocycles. The van der Waals surface area contributed by atoms with Gasteiger partial charge >= 0.3 is 0 Å². The minimum atomic E-state index is -0.367. The Morgan fingerprint density at radius 3 is 2.54 bits per heavy atom. The Labute approximate surface area is 213 Å². The van der Waals surface area contributed by atoms with E-state index in [4.69, 9.17) is 4.74 Å². The molecular formula is C27H37N3O4S. The highest BCUT2D eigenvalue weighted by molar-refractivity contribution is 7.99. The van der Waals surface area contributed by atoms with Crippen molar-refractivity contribution in [3.05, 3.63) is 63.7 Å². The highest BCUT2D eigenvalue weighted by atomic mass is 32.2. The Morgan fingerprint density at radius 1 is 1.11 bits per heavy atom. The number of rotatable bonds is 13. The van der Waals surface area contributed by atoms with Crippen LogP contribution in [0.1, 0.15) is 50.2 Å². The zero-order chi connectivity index (χ0) is 25.0. The van der Waals surface area contributed by atoms with Crippen molar-refractivity contribution in [1.82, 2.24) is 9.80 Å². The van der Waals surface area contributed by atoms with Crippen molar-refractivity contribution in [2.24, 2.45) is 0 Å². The van der Waals surface area contributed by atoms with Crippen molar-refractivity contribution in [2.45, 2.75) is 62.3 Å². The molecule has 0 bridgehead atoms. The third-order valence-corrected chi connectivity index (χ3v) is 7.38. The third kappa shape index (κ3) is 8.94. The molecule has 1 aliphatic rings. The van der Waals surface area contributed by atoms with Crippen molar-refractivity contribution >= 4 is 23.4 Å². The monoisotopic (exact) mass is 499 g/mol. The number of nitro benzene ring substituents is 1. The molecule has 1 amide bonds. The first-order valence-electron chi connectivity index (χ1n) is 12.6. The number of benzene rings is 2. The maximum atomic E-state index is 13.3. The van der Waals surface area contributed by atoms with Crippen LogP contribution in [0.4, 0.5) is 5.69 Å². The quantitative estimate of drug-likeness (QED) is 0.200. The van der Waals surface area contributed by atoms with Crippen LogP contribution in [-0.2, 0) is 16.1 Å². The molecular weight excluding hydrogens is 462 g/mol. The standard InChI is InChI=1S/C27H37N3O4S/c1-3-4-5-6-7-27(31)29(15-14-28-16-18-34-19-17-28)21-23-20-24(30(32)33)10-13-26(23)35-25-11-8-22(2)9-12-25/h8-13,20H,3-7,14-19,21H2,1-2H3. The topological polar surface area (TPSA) is 75.9 Å². The number of hydrogen-bond acceptors (Lipinski definition) is 6. The Hall–Kier alpha value is -2.42. The summed E-state index contributed by atoms with van der Waals surface area (Å²) in [4.78, 5) is 30.6. The SMILES string of the molecule is CCCCCCC(=O)N(CCN1CCOCC1)Cc1cc([N+](=O)[O-])ccc1Sc1ccc(C)cc1. The molecule has 0 radical (unpaired) electrons. The first-order chi connectivity index (χ1) is 17.0. The number of amides is 1. The van der Waals surface area contributed by atoms with Crippen LogP contribution in [0.2, 0.25) is 0 Å². The molecule has 1 heterocycles. The molecule has 35 heavy (non-hydrogen) atoms. The molecule has 0 aliphatic carbocycles. The third-order valence-electron chi connectivity index (χ3n) is 6.25. The fourth-order valence-electron chi connectivity index (χ4n) is 4.08. The fraction of sp³-hybridized carbons (Fsp3) is 0.519. The normalized spacial score (nSPS) is 14.1. The molecule has 7 nitrogen and oxygen atoms in total. The number of unbranched alkanes of at least 4 members (excludes halogenated alkanes) is 3. The van der Waals surface area contributed by atoms with E-state index in [1.807, 2.05) is 17.9 Å². The van der Waals surface area contributed by atoms with Gasteiger partial charge < -0.3 is 9.64 Å². The maximum Gasteiger partial charge on any atom is 0.269 e. The molecule has 1 aliphatic heterocycles. The minimum absolute atomic E-state index is 0.0526. The van der Waals surface area contributed by atoms with Gasteiger partial charge in [-0.25, -0.2) is 0 Å². The molecule has 1 saturated heterocycles. The van der Waals surface area contributed by atoms with Crippen molar-refractivity contribution in [2.75, 3.05) is 39.4 Å². The zero-order valence-electron chi connectivity index (χ0n) is 20.9. The number of hydrogen-bond donors (Lipinski definition) is 0. The van der Waals surface area contributed by atoms with Crippen LogP contribution >= 0.6 is 11.8 Å². The van der Waals surface area contributed by atoms with E-state index >= 15 is 0 Å². The van der Waals surface area contributed by atoms with Crippen LogP contribution in [0.5, 0.6) is 0 Å². The van der Waals surface area contributed by atoms with Crippen LogP contribution in [-0.4, -0.2) is 60.0 Å². The highest BCUT2D eigenvalue weighted by Crippen LogP contribution is 2.33. The Balaban J connectivity index is 1.80. The smallest absolute Gasteiger partial charge is 0.269 e. The van der Waals surface area contributed by atoms with E-state index in [2.05, 4.69) is 36.1 Å². The average molecular weight is 500 g/mol. The molecule has 0 unspecified atom stereocenters.